The van der Waals surface area contributed by atoms with Crippen LogP contribution in [0.4, 0.5) is 11.4 Å². The first-order valence-corrected chi connectivity index (χ1v) is 34.2. The van der Waals surface area contributed by atoms with E-state index in [1.54, 1.807) is 0 Å². The second-order valence-electron chi connectivity index (χ2n) is 27.7. The second-order valence-corrected chi connectivity index (χ2v) is 27.7. The summed E-state index contributed by atoms with van der Waals surface area (Å²) in [6.07, 6.45) is 4.54. The minimum atomic E-state index is 0.360. The Balaban J connectivity index is 0.000000498. The Bertz CT molecular complexity index is 2150. The van der Waals surface area contributed by atoms with Gasteiger partial charge < -0.3 is 39.6 Å². The number of hydrogen-bond donors (Lipinski definition) is 3. The third-order valence-electron chi connectivity index (χ3n) is 11.3. The molecule has 504 valence electrons. The van der Waals surface area contributed by atoms with Crippen molar-refractivity contribution in [3.8, 4) is 23.0 Å². The maximum Gasteiger partial charge on any atom is 0.231 e. The first kappa shape index (κ1) is 82.3. The van der Waals surface area contributed by atoms with Gasteiger partial charge >= 0.3 is 0 Å². The Kier molecular flexibility index (Phi) is 46.0. The number of anilines is 2. The van der Waals surface area contributed by atoms with E-state index in [2.05, 4.69) is 258 Å². The van der Waals surface area contributed by atoms with Crippen LogP contribution in [-0.4, -0.2) is 33.1 Å². The zero-order valence-corrected chi connectivity index (χ0v) is 60.9. The third-order valence-corrected chi connectivity index (χ3v) is 11.3. The normalized spacial score (nSPS) is 13.0. The van der Waals surface area contributed by atoms with Crippen molar-refractivity contribution >= 4 is 11.4 Å². The Morgan fingerprint density at radius 1 is 0.264 bits per heavy atom. The van der Waals surface area contributed by atoms with E-state index in [0.29, 0.717) is 6.79 Å². The van der Waals surface area contributed by atoms with Crippen LogP contribution in [0.3, 0.4) is 0 Å². The first-order valence-electron chi connectivity index (χ1n) is 34.2. The minimum Gasteiger partial charge on any atom is -0.493 e. The molecule has 8 nitrogen and oxygen atoms in total. The smallest absolute Gasteiger partial charge is 0.231 e. The molecule has 7 heterocycles. The monoisotopic (exact) mass is 1250 g/mol. The molecule has 7 aromatic carbocycles. The number of rotatable bonds is 0. The molecule has 8 heteroatoms. The molecule has 7 aromatic rings. The number of benzene rings is 7. The van der Waals surface area contributed by atoms with Gasteiger partial charge in [-0.25, -0.2) is 0 Å². The van der Waals surface area contributed by atoms with Gasteiger partial charge in [0.2, 0.25) is 6.79 Å². The van der Waals surface area contributed by atoms with Crippen LogP contribution in [0, 0.1) is 41.4 Å². The molecular formula is C83H127N3O5. The van der Waals surface area contributed by atoms with Gasteiger partial charge in [0, 0.05) is 50.4 Å². The Morgan fingerprint density at radius 3 is 0.813 bits per heavy atom. The van der Waals surface area contributed by atoms with Crippen LogP contribution < -0.4 is 34.9 Å². The molecule has 91 heavy (non-hydrogen) atoms. The quantitative estimate of drug-likeness (QED) is 0.139. The predicted molar refractivity (Wildman–Crippen MR) is 397 cm³/mol. The fraction of sp³-hybridized carbons (Fsp3) is 0.494. The van der Waals surface area contributed by atoms with E-state index in [4.69, 9.17) is 23.7 Å². The molecule has 0 atom stereocenters. The van der Waals surface area contributed by atoms with E-state index in [1.807, 2.05) is 72.8 Å². The molecule has 0 bridgehead atoms. The summed E-state index contributed by atoms with van der Waals surface area (Å²) in [5, 5.41) is 9.89. The molecule has 0 amide bonds. The molecule has 0 aliphatic carbocycles. The van der Waals surface area contributed by atoms with E-state index >= 15 is 0 Å². The molecule has 0 unspecified atom stereocenters. The van der Waals surface area contributed by atoms with Gasteiger partial charge in [-0.3, -0.25) is 0 Å². The Labute approximate surface area is 557 Å². The number of para-hydroxylation sites is 6. The summed E-state index contributed by atoms with van der Waals surface area (Å²) in [5.41, 5.74) is 13.8. The van der Waals surface area contributed by atoms with Crippen molar-refractivity contribution in [1.82, 2.24) is 5.32 Å². The molecule has 7 aliphatic rings. The topological polar surface area (TPSA) is 82.2 Å². The van der Waals surface area contributed by atoms with E-state index in [1.165, 1.54) is 68.7 Å². The van der Waals surface area contributed by atoms with Crippen LogP contribution in [0.5, 0.6) is 23.0 Å². The molecular weight excluding hydrogens is 1120 g/mol. The lowest BCUT2D eigenvalue weighted by atomic mass is 10.1. The van der Waals surface area contributed by atoms with Gasteiger partial charge in [-0.15, -0.1) is 0 Å². The number of fused-ring (bicyclic) bond motifs is 7. The highest BCUT2D eigenvalue weighted by Crippen LogP contribution is 2.30. The Morgan fingerprint density at radius 2 is 0.516 bits per heavy atom. The van der Waals surface area contributed by atoms with Crippen molar-refractivity contribution in [2.45, 2.75) is 197 Å². The van der Waals surface area contributed by atoms with Gasteiger partial charge in [0.25, 0.3) is 0 Å². The molecule has 0 aromatic heterocycles. The highest BCUT2D eigenvalue weighted by atomic mass is 16.7. The average molecular weight is 1250 g/mol. The zero-order chi connectivity index (χ0) is 67.8. The average Bonchev–Trinajstić information content (AvgIpc) is 4.41. The number of nitrogens with one attached hydrogen (secondary N) is 3. The van der Waals surface area contributed by atoms with Crippen molar-refractivity contribution in [2.75, 3.05) is 43.7 Å². The molecule has 0 radical (unpaired) electrons. The summed E-state index contributed by atoms with van der Waals surface area (Å²) in [5.74, 6) is 9.66. The highest BCUT2D eigenvalue weighted by Gasteiger charge is 2.12. The lowest BCUT2D eigenvalue weighted by Crippen LogP contribution is -1.99. The van der Waals surface area contributed by atoms with Crippen molar-refractivity contribution in [3.05, 3.63) is 214 Å². The molecule has 3 N–H and O–H groups in total. The molecule has 0 spiro atoms. The van der Waals surface area contributed by atoms with Gasteiger partial charge in [0.15, 0.2) is 11.5 Å². The van der Waals surface area contributed by atoms with Gasteiger partial charge in [-0.2, -0.15) is 0 Å². The van der Waals surface area contributed by atoms with E-state index in [0.717, 1.165) is 130 Å². The fourth-order valence-electron chi connectivity index (χ4n) is 7.92. The molecule has 0 saturated carbocycles. The summed E-state index contributed by atoms with van der Waals surface area (Å²) in [6, 6.07) is 57.8. The minimum absolute atomic E-state index is 0.360. The lowest BCUT2D eigenvalue weighted by molar-refractivity contribution is 0.134. The van der Waals surface area contributed by atoms with Crippen molar-refractivity contribution in [2.24, 2.45) is 41.4 Å². The summed E-state index contributed by atoms with van der Waals surface area (Å²) in [4.78, 5) is 0. The van der Waals surface area contributed by atoms with Gasteiger partial charge in [0.05, 0.1) is 26.4 Å². The number of hydrogen-bond acceptors (Lipinski definition) is 8. The zero-order valence-electron chi connectivity index (χ0n) is 60.9. The molecule has 0 saturated heterocycles. The van der Waals surface area contributed by atoms with Crippen LogP contribution >= 0.6 is 0 Å². The second kappa shape index (κ2) is 50.8. The third kappa shape index (κ3) is 43.6. The summed E-state index contributed by atoms with van der Waals surface area (Å²) < 4.78 is 26.0. The molecule has 7 aliphatic heterocycles. The summed E-state index contributed by atoms with van der Waals surface area (Å²) in [7, 11) is 0. The van der Waals surface area contributed by atoms with Crippen LogP contribution in [0.25, 0.3) is 0 Å². The van der Waals surface area contributed by atoms with Crippen LogP contribution in [0.15, 0.2) is 170 Å². The van der Waals surface area contributed by atoms with Crippen LogP contribution in [0.2, 0.25) is 0 Å². The SMILES string of the molecule is CC(C)C.CC(C)C.CC(C)C.CC(C)C.CC(C)C.CC(C)C.CC(C)C.c1ccc2c(c1)CCN2.c1ccc2c(c1)CCN2.c1ccc2c(c1)CCO2.c1ccc2c(c1)CCO2.c1ccc2c(c1)CNC2.c1ccc2c(c1)COC2.c1ccc2c(c1)OCO2. The van der Waals surface area contributed by atoms with E-state index in [9.17, 15) is 0 Å². The fourth-order valence-corrected chi connectivity index (χ4v) is 7.92. The van der Waals surface area contributed by atoms with Gasteiger partial charge in [0.1, 0.15) is 11.5 Å². The molecule has 14 rings (SSSR count). The van der Waals surface area contributed by atoms with Gasteiger partial charge in [-0.05, 0) is 135 Å². The lowest BCUT2D eigenvalue weighted by Gasteiger charge is -1.94. The standard InChI is InChI=1S/3C8H9N.3C8H8O.C7H6O2.7C4H10/c1-2-4-8-6-9-5-7(8)3-1;2*1-2-4-8-7(3-1)5-6-9-8;1-2-4-8-6-9-5-7(8)3-1;2*1-2-4-8-7(3-1)5-6-9-8;1-2-4-7-6(3-1)8-5-9-7;7*1-4(2)3/h3*1-4,9H,5-6H2;3*1-4H,5-6H2;1-4H,5H2;7*4H,1-3H3. The largest absolute Gasteiger partial charge is 0.493 e. The van der Waals surface area contributed by atoms with Crippen LogP contribution in [0.1, 0.15) is 190 Å². The summed E-state index contributed by atoms with van der Waals surface area (Å²) >= 11 is 0. The van der Waals surface area contributed by atoms with Crippen molar-refractivity contribution in [1.29, 1.82) is 0 Å². The maximum atomic E-state index is 5.30. The first-order chi connectivity index (χ1) is 43.4. The summed E-state index contributed by atoms with van der Waals surface area (Å²) in [6.45, 7) is 53.5. The maximum absolute atomic E-state index is 5.30. The van der Waals surface area contributed by atoms with E-state index in [-0.39, 0.29) is 0 Å². The molecule has 0 fully saturated rings. The predicted octanol–water partition coefficient (Wildman–Crippen LogP) is 22.6. The number of ether oxygens (including phenoxy) is 5. The highest BCUT2D eigenvalue weighted by molar-refractivity contribution is 5.55. The van der Waals surface area contributed by atoms with Crippen LogP contribution in [-0.2, 0) is 56.7 Å². The van der Waals surface area contributed by atoms with Gasteiger partial charge in [-0.1, -0.05) is 279 Å². The van der Waals surface area contributed by atoms with E-state index < -0.39 is 0 Å². The van der Waals surface area contributed by atoms with Crippen molar-refractivity contribution in [3.63, 3.8) is 0 Å². The van der Waals surface area contributed by atoms with Crippen molar-refractivity contribution < 1.29 is 23.7 Å². The Hall–Kier alpha value is -6.74.